The molecule has 3 rings (SSSR count). The van der Waals surface area contributed by atoms with E-state index in [1.54, 1.807) is 6.92 Å². The van der Waals surface area contributed by atoms with Crippen molar-refractivity contribution in [2.24, 2.45) is 5.92 Å². The minimum Gasteiger partial charge on any atom is -0.492 e. The van der Waals surface area contributed by atoms with Crippen molar-refractivity contribution in [1.82, 2.24) is 15.5 Å². The Balaban J connectivity index is 1.41. The van der Waals surface area contributed by atoms with Crippen molar-refractivity contribution in [1.29, 1.82) is 0 Å². The molecule has 1 atom stereocenters. The first kappa shape index (κ1) is 20.2. The number of carbonyl (C=O) groups is 3. The molecule has 1 aliphatic heterocycles. The molecule has 1 saturated carbocycles. The van der Waals surface area contributed by atoms with Crippen LogP contribution in [0.1, 0.15) is 46.1 Å². The third-order valence-electron chi connectivity index (χ3n) is 5.41. The number of amides is 4. The maximum Gasteiger partial charge on any atom is 0.325 e. The minimum atomic E-state index is -0.861. The molecule has 0 spiro atoms. The fourth-order valence-corrected chi connectivity index (χ4v) is 3.41. The van der Waals surface area contributed by atoms with Crippen LogP contribution in [-0.4, -0.2) is 48.0 Å². The maximum absolute atomic E-state index is 12.5. The van der Waals surface area contributed by atoms with Crippen LogP contribution in [0.3, 0.4) is 0 Å². The zero-order valence-electron chi connectivity index (χ0n) is 17.0. The van der Waals surface area contributed by atoms with Crippen LogP contribution in [0.15, 0.2) is 24.3 Å². The highest BCUT2D eigenvalue weighted by atomic mass is 16.5. The molecule has 7 nitrogen and oxygen atoms in total. The Bertz CT molecular complexity index is 765. The normalized spacial score (nSPS) is 22.2. The maximum atomic E-state index is 12.5. The van der Waals surface area contributed by atoms with Crippen molar-refractivity contribution in [3.8, 4) is 5.75 Å². The molecule has 2 N–H and O–H groups in total. The standard InChI is InChI=1S/C21H29N3O4/c1-20(2,3)14-7-9-16(10-8-14)28-12-11-22-17(25)13-24-18(26)21(4,15-5-6-15)23-19(24)27/h7-10,15H,5-6,11-13H2,1-4H3,(H,22,25)(H,23,27)/t21-/m0/s1. The van der Waals surface area contributed by atoms with Gasteiger partial charge in [0.25, 0.3) is 5.91 Å². The zero-order chi connectivity index (χ0) is 20.5. The van der Waals surface area contributed by atoms with Crippen molar-refractivity contribution < 1.29 is 19.1 Å². The van der Waals surface area contributed by atoms with Crippen molar-refractivity contribution in [3.05, 3.63) is 29.8 Å². The third kappa shape index (κ3) is 4.29. The van der Waals surface area contributed by atoms with E-state index in [0.717, 1.165) is 23.5 Å². The summed E-state index contributed by atoms with van der Waals surface area (Å²) in [5, 5.41) is 5.42. The predicted octanol–water partition coefficient (Wildman–Crippen LogP) is 2.20. The molecule has 0 unspecified atom stereocenters. The lowest BCUT2D eigenvalue weighted by Crippen LogP contribution is -2.47. The number of ether oxygens (including phenoxy) is 1. The first-order valence-corrected chi connectivity index (χ1v) is 9.75. The quantitative estimate of drug-likeness (QED) is 0.555. The van der Waals surface area contributed by atoms with E-state index >= 15 is 0 Å². The molecule has 0 bridgehead atoms. The van der Waals surface area contributed by atoms with Crippen molar-refractivity contribution in [2.45, 2.75) is 51.5 Å². The van der Waals surface area contributed by atoms with Gasteiger partial charge < -0.3 is 15.4 Å². The van der Waals surface area contributed by atoms with Gasteiger partial charge in [0.2, 0.25) is 5.91 Å². The van der Waals surface area contributed by atoms with Crippen LogP contribution in [0.25, 0.3) is 0 Å². The number of carbonyl (C=O) groups excluding carboxylic acids is 3. The van der Waals surface area contributed by atoms with E-state index in [2.05, 4.69) is 31.4 Å². The molecule has 1 heterocycles. The first-order chi connectivity index (χ1) is 13.1. The molecule has 7 heteroatoms. The molecule has 1 aromatic carbocycles. The fraction of sp³-hybridized carbons (Fsp3) is 0.571. The molecule has 28 heavy (non-hydrogen) atoms. The Labute approximate surface area is 165 Å². The summed E-state index contributed by atoms with van der Waals surface area (Å²) in [6.45, 7) is 8.52. The largest absolute Gasteiger partial charge is 0.492 e. The molecule has 0 radical (unpaired) electrons. The number of imide groups is 1. The molecule has 1 aliphatic carbocycles. The summed E-state index contributed by atoms with van der Waals surface area (Å²) in [6.07, 6.45) is 1.85. The number of hydrogen-bond donors (Lipinski definition) is 2. The summed E-state index contributed by atoms with van der Waals surface area (Å²) in [4.78, 5) is 37.7. The molecule has 0 aromatic heterocycles. The molecular formula is C21H29N3O4. The SMILES string of the molecule is CC(C)(C)c1ccc(OCCNC(=O)CN2C(=O)N[C@@](C)(C3CC3)C2=O)cc1. The van der Waals surface area contributed by atoms with E-state index in [9.17, 15) is 14.4 Å². The van der Waals surface area contributed by atoms with Gasteiger partial charge in [-0.3, -0.25) is 14.5 Å². The molecule has 2 aliphatic rings. The van der Waals surface area contributed by atoms with Gasteiger partial charge in [0.1, 0.15) is 24.4 Å². The summed E-state index contributed by atoms with van der Waals surface area (Å²) >= 11 is 0. The molecule has 4 amide bonds. The number of hydrogen-bond acceptors (Lipinski definition) is 4. The van der Waals surface area contributed by atoms with E-state index in [0.29, 0.717) is 13.2 Å². The van der Waals surface area contributed by atoms with Crippen LogP contribution in [0, 0.1) is 5.92 Å². The number of urea groups is 1. The van der Waals surface area contributed by atoms with Crippen LogP contribution < -0.4 is 15.4 Å². The highest BCUT2D eigenvalue weighted by Crippen LogP contribution is 2.42. The first-order valence-electron chi connectivity index (χ1n) is 9.75. The summed E-state index contributed by atoms with van der Waals surface area (Å²) in [5.74, 6) is 0.215. The van der Waals surface area contributed by atoms with Gasteiger partial charge in [0.05, 0.1) is 6.54 Å². The van der Waals surface area contributed by atoms with Gasteiger partial charge in [0, 0.05) is 0 Å². The highest BCUT2D eigenvalue weighted by molar-refractivity contribution is 6.09. The van der Waals surface area contributed by atoms with Gasteiger partial charge >= 0.3 is 6.03 Å². The summed E-state index contributed by atoms with van der Waals surface area (Å²) < 4.78 is 5.63. The van der Waals surface area contributed by atoms with Gasteiger partial charge in [0.15, 0.2) is 0 Å². The average molecular weight is 387 g/mol. The minimum absolute atomic E-state index is 0.0847. The van der Waals surface area contributed by atoms with Gasteiger partial charge in [-0.25, -0.2) is 4.79 Å². The van der Waals surface area contributed by atoms with Crippen LogP contribution in [0.2, 0.25) is 0 Å². The van der Waals surface area contributed by atoms with Gasteiger partial charge in [-0.1, -0.05) is 32.9 Å². The second-order valence-electron chi connectivity index (χ2n) is 8.77. The average Bonchev–Trinajstić information content (AvgIpc) is 3.45. The Kier molecular flexibility index (Phi) is 5.37. The molecule has 1 aromatic rings. The Hall–Kier alpha value is -2.57. The van der Waals surface area contributed by atoms with Crippen molar-refractivity contribution >= 4 is 17.8 Å². The van der Waals surface area contributed by atoms with Crippen LogP contribution in [0.5, 0.6) is 5.75 Å². The summed E-state index contributed by atoms with van der Waals surface area (Å²) in [7, 11) is 0. The lowest BCUT2D eigenvalue weighted by atomic mass is 9.87. The molecule has 2 fully saturated rings. The Morgan fingerprint density at radius 2 is 1.89 bits per heavy atom. The van der Waals surface area contributed by atoms with Crippen molar-refractivity contribution in [3.63, 3.8) is 0 Å². The van der Waals surface area contributed by atoms with Gasteiger partial charge in [-0.05, 0) is 48.8 Å². The molecular weight excluding hydrogens is 358 g/mol. The number of benzene rings is 1. The molecule has 152 valence electrons. The predicted molar refractivity (Wildman–Crippen MR) is 105 cm³/mol. The lowest BCUT2D eigenvalue weighted by Gasteiger charge is -2.20. The summed E-state index contributed by atoms with van der Waals surface area (Å²) in [5.41, 5.74) is 0.445. The van der Waals surface area contributed by atoms with Gasteiger partial charge in [-0.2, -0.15) is 0 Å². The fourth-order valence-electron chi connectivity index (χ4n) is 3.41. The van der Waals surface area contributed by atoms with E-state index in [4.69, 9.17) is 4.74 Å². The Morgan fingerprint density at radius 3 is 2.46 bits per heavy atom. The second-order valence-corrected chi connectivity index (χ2v) is 8.77. The van der Waals surface area contributed by atoms with Crippen LogP contribution in [0.4, 0.5) is 4.79 Å². The van der Waals surface area contributed by atoms with Crippen LogP contribution in [-0.2, 0) is 15.0 Å². The smallest absolute Gasteiger partial charge is 0.325 e. The second kappa shape index (κ2) is 7.45. The van der Waals surface area contributed by atoms with Crippen LogP contribution >= 0.6 is 0 Å². The number of nitrogens with one attached hydrogen (secondary N) is 2. The van der Waals surface area contributed by atoms with E-state index in [-0.39, 0.29) is 29.7 Å². The summed E-state index contributed by atoms with van der Waals surface area (Å²) in [6, 6.07) is 7.39. The number of nitrogens with zero attached hydrogens (tertiary/aromatic N) is 1. The van der Waals surface area contributed by atoms with Crippen molar-refractivity contribution in [2.75, 3.05) is 19.7 Å². The highest BCUT2D eigenvalue weighted by Gasteiger charge is 2.56. The van der Waals surface area contributed by atoms with E-state index in [1.807, 2.05) is 24.3 Å². The van der Waals surface area contributed by atoms with E-state index in [1.165, 1.54) is 5.56 Å². The van der Waals surface area contributed by atoms with E-state index < -0.39 is 11.6 Å². The Morgan fingerprint density at radius 1 is 1.25 bits per heavy atom. The monoisotopic (exact) mass is 387 g/mol. The number of rotatable bonds is 7. The lowest BCUT2D eigenvalue weighted by molar-refractivity contribution is -0.135. The third-order valence-corrected chi connectivity index (χ3v) is 5.41. The zero-order valence-corrected chi connectivity index (χ0v) is 17.0. The topological polar surface area (TPSA) is 87.7 Å². The van der Waals surface area contributed by atoms with Gasteiger partial charge in [-0.15, -0.1) is 0 Å². The molecule has 1 saturated heterocycles.